The Morgan fingerprint density at radius 1 is 1.35 bits per heavy atom. The van der Waals surface area contributed by atoms with Gasteiger partial charge < -0.3 is 9.64 Å². The smallest absolute Gasteiger partial charge is 0.224 e. The maximum atomic E-state index is 12.4. The van der Waals surface area contributed by atoms with Gasteiger partial charge in [-0.1, -0.05) is 29.3 Å². The van der Waals surface area contributed by atoms with Crippen molar-refractivity contribution >= 4 is 29.1 Å². The van der Waals surface area contributed by atoms with Crippen molar-refractivity contribution < 1.29 is 9.53 Å². The van der Waals surface area contributed by atoms with E-state index in [9.17, 15) is 4.79 Å². The van der Waals surface area contributed by atoms with Crippen LogP contribution in [0.5, 0.6) is 0 Å². The van der Waals surface area contributed by atoms with Gasteiger partial charge in [-0.15, -0.1) is 0 Å². The van der Waals surface area contributed by atoms with E-state index in [-0.39, 0.29) is 12.0 Å². The van der Waals surface area contributed by atoms with Crippen molar-refractivity contribution in [3.05, 3.63) is 46.5 Å². The number of nitrogens with zero attached hydrogens (tertiary/aromatic N) is 4. The van der Waals surface area contributed by atoms with Crippen LogP contribution in [0.1, 0.15) is 18.1 Å². The lowest BCUT2D eigenvalue weighted by Crippen LogP contribution is -2.42. The summed E-state index contributed by atoms with van der Waals surface area (Å²) in [5.74, 6) is 0.0776. The third kappa shape index (κ3) is 4.02. The van der Waals surface area contributed by atoms with Gasteiger partial charge >= 0.3 is 0 Å². The number of aromatic nitrogens is 3. The summed E-state index contributed by atoms with van der Waals surface area (Å²) < 4.78 is 7.41. The normalized spacial score (nSPS) is 18.2. The molecule has 122 valence electrons. The van der Waals surface area contributed by atoms with Gasteiger partial charge in [0, 0.05) is 13.0 Å². The van der Waals surface area contributed by atoms with Crippen LogP contribution in [0.25, 0.3) is 0 Å². The van der Waals surface area contributed by atoms with Crippen LogP contribution in [0, 0.1) is 0 Å². The molecule has 0 aliphatic carbocycles. The summed E-state index contributed by atoms with van der Waals surface area (Å²) in [4.78, 5) is 18.0. The zero-order valence-electron chi connectivity index (χ0n) is 12.4. The average Bonchev–Trinajstić information content (AvgIpc) is 3.09. The summed E-state index contributed by atoms with van der Waals surface area (Å²) in [6.45, 7) is 2.12. The number of carbonyl (C=O) groups is 1. The fourth-order valence-electron chi connectivity index (χ4n) is 2.51. The van der Waals surface area contributed by atoms with Crippen LogP contribution in [0.3, 0.4) is 0 Å². The number of halogens is 2. The minimum absolute atomic E-state index is 0.0776. The molecule has 2 heterocycles. The monoisotopic (exact) mass is 354 g/mol. The van der Waals surface area contributed by atoms with Crippen LogP contribution in [0.2, 0.25) is 10.0 Å². The van der Waals surface area contributed by atoms with Gasteiger partial charge in [-0.3, -0.25) is 9.48 Å². The van der Waals surface area contributed by atoms with E-state index in [2.05, 4.69) is 10.1 Å². The molecule has 3 rings (SSSR count). The van der Waals surface area contributed by atoms with Crippen LogP contribution in [0.15, 0.2) is 30.9 Å². The summed E-state index contributed by atoms with van der Waals surface area (Å²) in [5, 5.41) is 4.99. The van der Waals surface area contributed by atoms with Gasteiger partial charge in [0.05, 0.1) is 29.7 Å². The molecule has 1 aromatic carbocycles. The van der Waals surface area contributed by atoms with Gasteiger partial charge in [0.15, 0.2) is 0 Å². The molecule has 1 fully saturated rings. The van der Waals surface area contributed by atoms with Crippen molar-refractivity contribution in [1.29, 1.82) is 0 Å². The quantitative estimate of drug-likeness (QED) is 0.846. The molecule has 6 nitrogen and oxygen atoms in total. The van der Waals surface area contributed by atoms with E-state index in [4.69, 9.17) is 27.9 Å². The second-order valence-corrected chi connectivity index (χ2v) is 6.10. The number of morpholine rings is 1. The number of benzene rings is 1. The SMILES string of the molecule is O=C(CCn1cncn1)N1CCOC(c2ccc(Cl)c(Cl)c2)C1. The van der Waals surface area contributed by atoms with E-state index in [0.29, 0.717) is 42.7 Å². The predicted octanol–water partition coefficient (Wildman–Crippen LogP) is 2.58. The lowest BCUT2D eigenvalue weighted by atomic mass is 10.1. The molecule has 0 radical (unpaired) electrons. The lowest BCUT2D eigenvalue weighted by molar-refractivity contribution is -0.139. The maximum absolute atomic E-state index is 12.4. The molecule has 23 heavy (non-hydrogen) atoms. The highest BCUT2D eigenvalue weighted by atomic mass is 35.5. The van der Waals surface area contributed by atoms with Crippen LogP contribution in [0.4, 0.5) is 0 Å². The van der Waals surface area contributed by atoms with Crippen molar-refractivity contribution in [2.75, 3.05) is 19.7 Å². The highest BCUT2D eigenvalue weighted by Gasteiger charge is 2.25. The summed E-state index contributed by atoms with van der Waals surface area (Å²) in [6, 6.07) is 5.41. The first kappa shape index (κ1) is 16.2. The molecule has 1 atom stereocenters. The predicted molar refractivity (Wildman–Crippen MR) is 86.4 cm³/mol. The molecular weight excluding hydrogens is 339 g/mol. The number of carbonyl (C=O) groups excluding carboxylic acids is 1. The molecule has 1 aromatic heterocycles. The molecule has 1 aliphatic heterocycles. The number of aryl methyl sites for hydroxylation is 1. The first-order valence-corrected chi connectivity index (χ1v) is 8.06. The molecule has 0 N–H and O–H groups in total. The first-order valence-electron chi connectivity index (χ1n) is 7.30. The molecule has 0 spiro atoms. The Morgan fingerprint density at radius 2 is 2.22 bits per heavy atom. The van der Waals surface area contributed by atoms with Crippen molar-refractivity contribution in [2.45, 2.75) is 19.1 Å². The van der Waals surface area contributed by atoms with Gasteiger partial charge in [0.2, 0.25) is 5.91 Å². The standard InChI is InChI=1S/C15H16Cl2N4O2/c16-12-2-1-11(7-13(12)17)14-8-20(5-6-23-14)15(22)3-4-21-10-18-9-19-21/h1-2,7,9-10,14H,3-6,8H2. The van der Waals surface area contributed by atoms with Gasteiger partial charge in [0.1, 0.15) is 18.8 Å². The molecule has 1 amide bonds. The Kier molecular flexibility index (Phi) is 5.15. The molecule has 0 bridgehead atoms. The minimum atomic E-state index is -0.186. The largest absolute Gasteiger partial charge is 0.370 e. The first-order chi connectivity index (χ1) is 11.1. The number of hydrogen-bond donors (Lipinski definition) is 0. The number of rotatable bonds is 4. The third-order valence-corrected chi connectivity index (χ3v) is 4.49. The number of hydrogen-bond acceptors (Lipinski definition) is 4. The Labute approximate surface area is 144 Å². The van der Waals surface area contributed by atoms with E-state index < -0.39 is 0 Å². The highest BCUT2D eigenvalue weighted by molar-refractivity contribution is 6.42. The average molecular weight is 355 g/mol. The van der Waals surface area contributed by atoms with E-state index in [1.165, 1.54) is 6.33 Å². The fourth-order valence-corrected chi connectivity index (χ4v) is 2.81. The van der Waals surface area contributed by atoms with Crippen LogP contribution in [-0.4, -0.2) is 45.3 Å². The van der Waals surface area contributed by atoms with Gasteiger partial charge in [-0.25, -0.2) is 4.98 Å². The third-order valence-electron chi connectivity index (χ3n) is 3.76. The topological polar surface area (TPSA) is 60.2 Å². The van der Waals surface area contributed by atoms with E-state index >= 15 is 0 Å². The van der Waals surface area contributed by atoms with E-state index in [1.54, 1.807) is 23.1 Å². The highest BCUT2D eigenvalue weighted by Crippen LogP contribution is 2.29. The van der Waals surface area contributed by atoms with Gasteiger partial charge in [-0.2, -0.15) is 5.10 Å². The Bertz CT molecular complexity index is 678. The number of ether oxygens (including phenoxy) is 1. The van der Waals surface area contributed by atoms with Crippen LogP contribution < -0.4 is 0 Å². The van der Waals surface area contributed by atoms with Crippen LogP contribution in [-0.2, 0) is 16.1 Å². The summed E-state index contributed by atoms with van der Waals surface area (Å²) in [7, 11) is 0. The Morgan fingerprint density at radius 3 is 2.96 bits per heavy atom. The zero-order chi connectivity index (χ0) is 16.2. The minimum Gasteiger partial charge on any atom is -0.370 e. The molecule has 1 aliphatic rings. The lowest BCUT2D eigenvalue weighted by Gasteiger charge is -2.33. The fraction of sp³-hybridized carbons (Fsp3) is 0.400. The van der Waals surface area contributed by atoms with E-state index in [0.717, 1.165) is 5.56 Å². The maximum Gasteiger partial charge on any atom is 0.224 e. The van der Waals surface area contributed by atoms with Crippen molar-refractivity contribution in [1.82, 2.24) is 19.7 Å². The molecule has 1 unspecified atom stereocenters. The number of amides is 1. The second kappa shape index (κ2) is 7.29. The molecule has 1 saturated heterocycles. The molecule has 8 heteroatoms. The molecule has 2 aromatic rings. The van der Waals surface area contributed by atoms with Crippen molar-refractivity contribution in [3.63, 3.8) is 0 Å². The summed E-state index contributed by atoms with van der Waals surface area (Å²) >= 11 is 12.0. The van der Waals surface area contributed by atoms with Crippen LogP contribution >= 0.6 is 23.2 Å². The summed E-state index contributed by atoms with van der Waals surface area (Å²) in [6.07, 6.45) is 3.26. The Balaban J connectivity index is 1.60. The zero-order valence-corrected chi connectivity index (χ0v) is 13.9. The van der Waals surface area contributed by atoms with Gasteiger partial charge in [-0.05, 0) is 17.7 Å². The molecular formula is C15H16Cl2N4O2. The van der Waals surface area contributed by atoms with Crippen molar-refractivity contribution in [3.8, 4) is 0 Å². The molecule has 0 saturated carbocycles. The van der Waals surface area contributed by atoms with Crippen molar-refractivity contribution in [2.24, 2.45) is 0 Å². The summed E-state index contributed by atoms with van der Waals surface area (Å²) in [5.41, 5.74) is 0.924. The Hall–Kier alpha value is -1.63. The van der Waals surface area contributed by atoms with Gasteiger partial charge in [0.25, 0.3) is 0 Å². The second-order valence-electron chi connectivity index (χ2n) is 5.28. The van der Waals surface area contributed by atoms with E-state index in [1.807, 2.05) is 11.0 Å².